The van der Waals surface area contributed by atoms with Crippen molar-refractivity contribution in [2.75, 3.05) is 20.6 Å². The third-order valence-electron chi connectivity index (χ3n) is 6.08. The van der Waals surface area contributed by atoms with Crippen LogP contribution in [0.15, 0.2) is 64.6 Å². The highest BCUT2D eigenvalue weighted by Crippen LogP contribution is 2.19. The van der Waals surface area contributed by atoms with Crippen molar-refractivity contribution in [2.45, 2.75) is 78.0 Å². The number of rotatable bonds is 7. The Hall–Kier alpha value is -2.86. The number of aryl methyl sites for hydroxylation is 1. The Bertz CT molecular complexity index is 1250. The SMILES string of the molecule is CC(/C=C/C(C)=C/C1Cc2nc(cs2)CCC(N[SH](=O)=O)CC(=O)OC(C)C/C(C)=C/C=C\C(=O)O1)=C\CN(C)C. The Kier molecular flexibility index (Phi) is 14.9. The minimum atomic E-state index is -2.88. The second kappa shape index (κ2) is 17.8. The van der Waals surface area contributed by atoms with Crippen molar-refractivity contribution in [3.63, 3.8) is 0 Å². The molecule has 3 atom stereocenters. The molecule has 2 heterocycles. The maximum absolute atomic E-state index is 12.7. The molecular formula is C30H43N3O6S2. The first-order valence-corrected chi connectivity index (χ1v) is 15.7. The van der Waals surface area contributed by atoms with E-state index in [2.05, 4.69) is 20.7 Å². The summed E-state index contributed by atoms with van der Waals surface area (Å²) >= 11 is 1.45. The van der Waals surface area contributed by atoms with Crippen molar-refractivity contribution in [1.82, 2.24) is 14.6 Å². The average molecular weight is 606 g/mol. The molecule has 2 rings (SSSR count). The number of hydrogen-bond acceptors (Lipinski definition) is 9. The number of nitrogens with zero attached hydrogens (tertiary/aromatic N) is 2. The van der Waals surface area contributed by atoms with Crippen molar-refractivity contribution < 1.29 is 27.5 Å². The normalized spacial score (nSPS) is 24.8. The largest absolute Gasteiger partial charge is 0.462 e. The molecular weight excluding hydrogens is 562 g/mol. The fourth-order valence-electron chi connectivity index (χ4n) is 4.07. The van der Waals surface area contributed by atoms with Gasteiger partial charge in [-0.15, -0.1) is 11.3 Å². The molecule has 226 valence electrons. The number of ether oxygens (including phenoxy) is 2. The second-order valence-corrected chi connectivity index (χ2v) is 12.3. The predicted molar refractivity (Wildman–Crippen MR) is 164 cm³/mol. The Labute approximate surface area is 249 Å². The van der Waals surface area contributed by atoms with Gasteiger partial charge in [-0.2, -0.15) is 0 Å². The fraction of sp³-hybridized carbons (Fsp3) is 0.500. The van der Waals surface area contributed by atoms with Gasteiger partial charge in [0.1, 0.15) is 12.2 Å². The van der Waals surface area contributed by atoms with Gasteiger partial charge < -0.3 is 14.4 Å². The van der Waals surface area contributed by atoms with Crippen LogP contribution in [0, 0.1) is 0 Å². The van der Waals surface area contributed by atoms with E-state index in [-0.39, 0.29) is 6.42 Å². The van der Waals surface area contributed by atoms with E-state index in [1.54, 1.807) is 19.1 Å². The highest BCUT2D eigenvalue weighted by Gasteiger charge is 2.20. The highest BCUT2D eigenvalue weighted by molar-refractivity contribution is 7.70. The van der Waals surface area contributed by atoms with Gasteiger partial charge in [0.15, 0.2) is 0 Å². The summed E-state index contributed by atoms with van der Waals surface area (Å²) in [7, 11) is 1.16. The lowest BCUT2D eigenvalue weighted by Crippen LogP contribution is -2.32. The lowest BCUT2D eigenvalue weighted by atomic mass is 10.1. The third kappa shape index (κ3) is 15.1. The molecule has 3 unspecified atom stereocenters. The fourth-order valence-corrected chi connectivity index (χ4v) is 5.46. The van der Waals surface area contributed by atoms with E-state index in [0.717, 1.165) is 34.0 Å². The zero-order chi connectivity index (χ0) is 30.4. The molecule has 0 aromatic carbocycles. The molecule has 0 aliphatic carbocycles. The van der Waals surface area contributed by atoms with E-state index in [9.17, 15) is 18.0 Å². The maximum Gasteiger partial charge on any atom is 0.331 e. The molecule has 2 bridgehead atoms. The van der Waals surface area contributed by atoms with E-state index in [0.29, 0.717) is 25.7 Å². The smallest absolute Gasteiger partial charge is 0.331 e. The number of allylic oxidation sites excluding steroid dienone is 6. The molecule has 1 aromatic rings. The molecule has 41 heavy (non-hydrogen) atoms. The van der Waals surface area contributed by atoms with Crippen molar-refractivity contribution in [2.24, 2.45) is 0 Å². The van der Waals surface area contributed by atoms with Crippen molar-refractivity contribution in [3.05, 3.63) is 75.3 Å². The van der Waals surface area contributed by atoms with E-state index in [1.807, 2.05) is 58.5 Å². The summed E-state index contributed by atoms with van der Waals surface area (Å²) in [5, 5.41) is 2.70. The Morgan fingerprint density at radius 3 is 2.59 bits per heavy atom. The number of thiol groups is 1. The first-order chi connectivity index (χ1) is 19.4. The number of nitrogens with one attached hydrogen (secondary N) is 1. The summed E-state index contributed by atoms with van der Waals surface area (Å²) in [6, 6.07) is -0.594. The van der Waals surface area contributed by atoms with Gasteiger partial charge in [-0.3, -0.25) is 4.79 Å². The number of fused-ring (bicyclic) bond motifs is 2. The van der Waals surface area contributed by atoms with Gasteiger partial charge in [0.2, 0.25) is 10.9 Å². The molecule has 0 saturated carbocycles. The van der Waals surface area contributed by atoms with Crippen molar-refractivity contribution >= 4 is 34.2 Å². The van der Waals surface area contributed by atoms with Gasteiger partial charge in [-0.1, -0.05) is 47.1 Å². The zero-order valence-corrected chi connectivity index (χ0v) is 26.5. The molecule has 1 N–H and O–H groups in total. The molecule has 1 aromatic heterocycles. The van der Waals surface area contributed by atoms with Gasteiger partial charge in [0.05, 0.1) is 17.1 Å². The number of thiazole rings is 1. The van der Waals surface area contributed by atoms with Crippen molar-refractivity contribution in [1.29, 1.82) is 0 Å². The Balaban J connectivity index is 2.31. The van der Waals surface area contributed by atoms with E-state index in [1.165, 1.54) is 17.4 Å². The summed E-state index contributed by atoms with van der Waals surface area (Å²) in [5.41, 5.74) is 3.78. The standard InChI is InChI=1S/C30H43N3O6S2/c1-21(14-15-33(5)6)10-11-23(3)17-27-19-28-31-26(20-40-28)13-12-25(32-41(36)37)18-30(35)38-24(4)16-22(2)8-7-9-29(34)39-27/h7-11,14,17,20,24-25,27,41H,12-13,15-16,18-19H2,1-6H3,(H,32,36,37)/b9-7-,11-10+,21-14+,22-8+,23-17+. The Morgan fingerprint density at radius 2 is 1.88 bits per heavy atom. The van der Waals surface area contributed by atoms with Crippen LogP contribution in [-0.2, 0) is 42.8 Å². The van der Waals surface area contributed by atoms with Crippen LogP contribution in [0.5, 0.6) is 0 Å². The molecule has 1 aliphatic rings. The first-order valence-electron chi connectivity index (χ1n) is 13.6. The molecule has 0 amide bonds. The lowest BCUT2D eigenvalue weighted by molar-refractivity contribution is -0.148. The van der Waals surface area contributed by atoms with Gasteiger partial charge in [-0.25, -0.2) is 22.9 Å². The van der Waals surface area contributed by atoms with Crippen LogP contribution in [0.3, 0.4) is 0 Å². The van der Waals surface area contributed by atoms with Gasteiger partial charge in [0, 0.05) is 36.9 Å². The average Bonchev–Trinajstić information content (AvgIpc) is 3.30. The van der Waals surface area contributed by atoms with Crippen LogP contribution in [-0.4, -0.2) is 69.1 Å². The van der Waals surface area contributed by atoms with E-state index >= 15 is 0 Å². The predicted octanol–water partition coefficient (Wildman–Crippen LogP) is 4.25. The molecule has 0 saturated heterocycles. The van der Waals surface area contributed by atoms with Gasteiger partial charge in [-0.05, 0) is 60.7 Å². The summed E-state index contributed by atoms with van der Waals surface area (Å²) in [6.07, 6.45) is 13.6. The second-order valence-electron chi connectivity index (χ2n) is 10.6. The van der Waals surface area contributed by atoms with Crippen molar-refractivity contribution in [3.8, 4) is 0 Å². The number of esters is 2. The van der Waals surface area contributed by atoms with Gasteiger partial charge in [0.25, 0.3) is 0 Å². The summed E-state index contributed by atoms with van der Waals surface area (Å²) in [6.45, 7) is 8.51. The number of carbonyl (C=O) groups excluding carboxylic acids is 2. The van der Waals surface area contributed by atoms with Crippen LogP contribution in [0.25, 0.3) is 0 Å². The number of hydrogen-bond donors (Lipinski definition) is 2. The number of cyclic esters (lactones) is 2. The van der Waals surface area contributed by atoms with Crippen LogP contribution >= 0.6 is 11.3 Å². The molecule has 11 heteroatoms. The number of aromatic nitrogens is 1. The monoisotopic (exact) mass is 605 g/mol. The molecule has 9 nitrogen and oxygen atoms in total. The Morgan fingerprint density at radius 1 is 1.15 bits per heavy atom. The lowest BCUT2D eigenvalue weighted by Gasteiger charge is -2.17. The summed E-state index contributed by atoms with van der Waals surface area (Å²) in [5.74, 6) is -0.943. The van der Waals surface area contributed by atoms with E-state index < -0.39 is 41.1 Å². The summed E-state index contributed by atoms with van der Waals surface area (Å²) < 4.78 is 36.5. The minimum Gasteiger partial charge on any atom is -0.462 e. The molecule has 1 aliphatic heterocycles. The third-order valence-corrected chi connectivity index (χ3v) is 7.58. The summed E-state index contributed by atoms with van der Waals surface area (Å²) in [4.78, 5) is 31.9. The zero-order valence-electron chi connectivity index (χ0n) is 24.8. The van der Waals surface area contributed by atoms with E-state index in [4.69, 9.17) is 9.47 Å². The van der Waals surface area contributed by atoms with Crippen LogP contribution in [0.2, 0.25) is 0 Å². The quantitative estimate of drug-likeness (QED) is 0.269. The topological polar surface area (TPSA) is 115 Å². The maximum atomic E-state index is 12.7. The number of likely N-dealkylation sites (N-methyl/N-ethyl adjacent to an activating group) is 1. The molecule has 0 fully saturated rings. The van der Waals surface area contributed by atoms with Crippen LogP contribution in [0.4, 0.5) is 0 Å². The highest BCUT2D eigenvalue weighted by atomic mass is 32.2. The van der Waals surface area contributed by atoms with Crippen LogP contribution < -0.4 is 4.72 Å². The molecule has 0 spiro atoms. The molecule has 0 radical (unpaired) electrons. The van der Waals surface area contributed by atoms with Crippen LogP contribution in [0.1, 0.15) is 57.7 Å². The van der Waals surface area contributed by atoms with Gasteiger partial charge >= 0.3 is 11.9 Å². The number of carbonyl (C=O) groups is 2. The first kappa shape index (κ1) is 34.3. The minimum absolute atomic E-state index is 0.0703.